The molecule has 0 aliphatic carbocycles. The van der Waals surface area contributed by atoms with Crippen molar-refractivity contribution in [1.82, 2.24) is 5.32 Å². The minimum Gasteiger partial charge on any atom is -0.870 e. The molecular formula is C9H8Cl2NNaO3. The fourth-order valence-electron chi connectivity index (χ4n) is 0.864. The molecule has 1 aromatic carbocycles. The Morgan fingerprint density at radius 1 is 1.31 bits per heavy atom. The zero-order valence-electron chi connectivity index (χ0n) is 8.45. The van der Waals surface area contributed by atoms with Gasteiger partial charge < -0.3 is 15.9 Å². The fraction of sp³-hybridized carbons (Fsp3) is 0. The topological polar surface area (TPSA) is 79.3 Å². The first-order chi connectivity index (χ1) is 6.61. The number of aromatic hydroxyl groups is 1. The Kier molecular flexibility index (Phi) is 10.1. The largest absolute Gasteiger partial charge is 1.00 e. The molecule has 0 bridgehead atoms. The summed E-state index contributed by atoms with van der Waals surface area (Å²) in [5.74, 6) is -0.564. The van der Waals surface area contributed by atoms with E-state index in [9.17, 15) is 9.90 Å². The number of benzene rings is 1. The Hall–Kier alpha value is -0.230. The molecule has 0 aromatic heterocycles. The number of halogens is 2. The van der Waals surface area contributed by atoms with E-state index >= 15 is 0 Å². The molecule has 0 unspecified atom stereocenters. The first-order valence-corrected chi connectivity index (χ1v) is 4.47. The first kappa shape index (κ1) is 18.1. The van der Waals surface area contributed by atoms with Crippen molar-refractivity contribution in [1.29, 1.82) is 0 Å². The van der Waals surface area contributed by atoms with Gasteiger partial charge in [-0.25, -0.2) is 0 Å². The molecule has 0 radical (unpaired) electrons. The number of para-hydroxylation sites is 1. The number of rotatable bonds is 2. The molecule has 3 N–H and O–H groups in total. The van der Waals surface area contributed by atoms with E-state index in [1.54, 1.807) is 12.1 Å². The minimum atomic E-state index is -0.470. The van der Waals surface area contributed by atoms with Gasteiger partial charge in [-0.2, -0.15) is 0 Å². The summed E-state index contributed by atoms with van der Waals surface area (Å²) >= 11 is 10.6. The molecule has 0 spiro atoms. The molecule has 0 aliphatic heterocycles. The van der Waals surface area contributed by atoms with Gasteiger partial charge in [0.05, 0.1) is 5.56 Å². The van der Waals surface area contributed by atoms with Crippen molar-refractivity contribution in [2.24, 2.45) is 0 Å². The third kappa shape index (κ3) is 5.75. The Morgan fingerprint density at radius 3 is 2.38 bits per heavy atom. The van der Waals surface area contributed by atoms with Crippen LogP contribution in [0.3, 0.4) is 0 Å². The van der Waals surface area contributed by atoms with Crippen molar-refractivity contribution in [3.05, 3.63) is 40.5 Å². The molecule has 82 valence electrons. The number of carbonyl (C=O) groups excluding carboxylic acids is 1. The second-order valence-corrected chi connectivity index (χ2v) is 3.43. The molecule has 0 saturated carbocycles. The summed E-state index contributed by atoms with van der Waals surface area (Å²) in [4.78, 5) is 11.3. The Bertz CT molecular complexity index is 381. The summed E-state index contributed by atoms with van der Waals surface area (Å²) in [6.45, 7) is 0. The molecule has 0 fully saturated rings. The number of phenols is 1. The van der Waals surface area contributed by atoms with E-state index < -0.39 is 5.91 Å². The van der Waals surface area contributed by atoms with Crippen molar-refractivity contribution < 1.29 is 44.9 Å². The van der Waals surface area contributed by atoms with Gasteiger partial charge in [-0.1, -0.05) is 35.3 Å². The van der Waals surface area contributed by atoms with Crippen molar-refractivity contribution in [2.75, 3.05) is 0 Å². The van der Waals surface area contributed by atoms with Gasteiger partial charge in [-0.15, -0.1) is 0 Å². The van der Waals surface area contributed by atoms with Crippen molar-refractivity contribution in [2.45, 2.75) is 0 Å². The molecule has 4 nitrogen and oxygen atoms in total. The van der Waals surface area contributed by atoms with Gasteiger partial charge in [0.2, 0.25) is 0 Å². The van der Waals surface area contributed by atoms with Crippen LogP contribution < -0.4 is 34.9 Å². The quantitative estimate of drug-likeness (QED) is 0.693. The first-order valence-electron chi connectivity index (χ1n) is 3.71. The van der Waals surface area contributed by atoms with E-state index in [1.165, 1.54) is 12.1 Å². The maximum Gasteiger partial charge on any atom is 1.00 e. The van der Waals surface area contributed by atoms with Crippen molar-refractivity contribution in [3.8, 4) is 5.75 Å². The number of amides is 1. The van der Waals surface area contributed by atoms with Crippen LogP contribution in [0.1, 0.15) is 10.4 Å². The number of hydrogen-bond donors (Lipinski definition) is 2. The van der Waals surface area contributed by atoms with Crippen LogP contribution in [0.4, 0.5) is 0 Å². The fourth-order valence-corrected chi connectivity index (χ4v) is 0.973. The van der Waals surface area contributed by atoms with Crippen LogP contribution in [0.5, 0.6) is 5.75 Å². The molecule has 0 aliphatic rings. The van der Waals surface area contributed by atoms with Gasteiger partial charge in [0.1, 0.15) is 10.2 Å². The zero-order valence-corrected chi connectivity index (χ0v) is 12.0. The number of carbonyl (C=O) groups is 1. The van der Waals surface area contributed by atoms with Crippen LogP contribution in [-0.4, -0.2) is 16.5 Å². The van der Waals surface area contributed by atoms with Gasteiger partial charge >= 0.3 is 29.6 Å². The zero-order chi connectivity index (χ0) is 10.6. The monoisotopic (exact) mass is 271 g/mol. The standard InChI is InChI=1S/C9H7Cl2NO2.Na.H2O/c10-8(11)5-12-9(14)6-3-1-2-4-7(6)13;;/h1-5,13H,(H,12,14);;1H2/q;+1;/p-1. The smallest absolute Gasteiger partial charge is 0.870 e. The normalized spacial score (nSPS) is 8.12. The average Bonchev–Trinajstić information content (AvgIpc) is 2.15. The van der Waals surface area contributed by atoms with Crippen molar-refractivity contribution in [3.63, 3.8) is 0 Å². The number of phenolic OH excluding ortho intramolecular Hbond substituents is 1. The predicted octanol–water partition coefficient (Wildman–Crippen LogP) is -0.774. The summed E-state index contributed by atoms with van der Waals surface area (Å²) in [6.07, 6.45) is 1.14. The van der Waals surface area contributed by atoms with Crippen LogP contribution in [0, 0.1) is 0 Å². The summed E-state index contributed by atoms with van der Waals surface area (Å²) in [5, 5.41) is 11.6. The van der Waals surface area contributed by atoms with E-state index in [2.05, 4.69) is 5.32 Å². The number of nitrogens with one attached hydrogen (secondary N) is 1. The van der Waals surface area contributed by atoms with Crippen LogP contribution in [-0.2, 0) is 0 Å². The molecule has 16 heavy (non-hydrogen) atoms. The van der Waals surface area contributed by atoms with Gasteiger partial charge in [-0.05, 0) is 12.1 Å². The molecule has 0 atom stereocenters. The summed E-state index contributed by atoms with van der Waals surface area (Å²) < 4.78 is -0.0613. The van der Waals surface area contributed by atoms with Gasteiger partial charge in [0, 0.05) is 6.20 Å². The Morgan fingerprint density at radius 2 is 1.88 bits per heavy atom. The summed E-state index contributed by atoms with van der Waals surface area (Å²) in [6, 6.07) is 6.17. The average molecular weight is 272 g/mol. The van der Waals surface area contributed by atoms with Gasteiger partial charge in [-0.3, -0.25) is 4.79 Å². The molecule has 1 amide bonds. The molecule has 0 saturated heterocycles. The van der Waals surface area contributed by atoms with E-state index in [0.717, 1.165) is 6.20 Å². The Labute approximate surface area is 125 Å². The number of hydrogen-bond acceptors (Lipinski definition) is 3. The van der Waals surface area contributed by atoms with E-state index in [0.29, 0.717) is 0 Å². The van der Waals surface area contributed by atoms with E-state index in [4.69, 9.17) is 23.2 Å². The summed E-state index contributed by atoms with van der Waals surface area (Å²) in [5.41, 5.74) is 0.165. The Balaban J connectivity index is 0. The molecule has 1 rings (SSSR count). The van der Waals surface area contributed by atoms with Gasteiger partial charge in [0.15, 0.2) is 0 Å². The summed E-state index contributed by atoms with van der Waals surface area (Å²) in [7, 11) is 0. The van der Waals surface area contributed by atoms with E-state index in [-0.39, 0.29) is 50.8 Å². The second kappa shape index (κ2) is 8.87. The minimum absolute atomic E-state index is 0. The predicted molar refractivity (Wildman–Crippen MR) is 57.3 cm³/mol. The maximum atomic E-state index is 11.3. The van der Waals surface area contributed by atoms with E-state index in [1.807, 2.05) is 0 Å². The maximum absolute atomic E-state index is 11.3. The van der Waals surface area contributed by atoms with Crippen LogP contribution in [0.15, 0.2) is 35.0 Å². The third-order valence-corrected chi connectivity index (χ3v) is 1.68. The molecule has 0 heterocycles. The van der Waals surface area contributed by atoms with Crippen LogP contribution >= 0.6 is 23.2 Å². The van der Waals surface area contributed by atoms with Crippen LogP contribution in [0.25, 0.3) is 0 Å². The van der Waals surface area contributed by atoms with Crippen LogP contribution in [0.2, 0.25) is 0 Å². The molecular weight excluding hydrogens is 264 g/mol. The molecule has 7 heteroatoms. The van der Waals surface area contributed by atoms with Crippen molar-refractivity contribution >= 4 is 29.1 Å². The second-order valence-electron chi connectivity index (χ2n) is 2.42. The SMILES string of the molecule is O=C(NC=C(Cl)Cl)c1ccccc1O.[Na+].[OH-]. The third-order valence-electron chi connectivity index (χ3n) is 1.46. The van der Waals surface area contributed by atoms with Gasteiger partial charge in [0.25, 0.3) is 5.91 Å². The molecule has 1 aromatic rings.